The highest BCUT2D eigenvalue weighted by Gasteiger charge is 2.17. The van der Waals surface area contributed by atoms with Crippen molar-refractivity contribution >= 4 is 21.7 Å². The van der Waals surface area contributed by atoms with E-state index in [0.29, 0.717) is 11.6 Å². The van der Waals surface area contributed by atoms with Crippen molar-refractivity contribution in [1.82, 2.24) is 9.71 Å². The minimum atomic E-state index is -3.90. The number of benzene rings is 2. The minimum Gasteiger partial charge on any atom is -0.307 e. The Morgan fingerprint density at radius 1 is 0.964 bits per heavy atom. The molecule has 2 amide bonds. The molecule has 1 unspecified atom stereocenters. The van der Waals surface area contributed by atoms with Gasteiger partial charge in [-0.3, -0.25) is 4.98 Å². The highest BCUT2D eigenvalue weighted by molar-refractivity contribution is 7.90. The van der Waals surface area contributed by atoms with Gasteiger partial charge in [0, 0.05) is 18.1 Å². The van der Waals surface area contributed by atoms with Crippen LogP contribution in [0.15, 0.2) is 84.0 Å². The van der Waals surface area contributed by atoms with E-state index < -0.39 is 16.1 Å². The maximum absolute atomic E-state index is 12.2. The number of nitrogens with one attached hydrogen (secondary N) is 2. The van der Waals surface area contributed by atoms with Crippen LogP contribution in [0.1, 0.15) is 24.0 Å². The second-order valence-corrected chi connectivity index (χ2v) is 8.14. The molecule has 0 bridgehead atoms. The third kappa shape index (κ3) is 5.17. The molecule has 0 spiro atoms. The van der Waals surface area contributed by atoms with Crippen LogP contribution in [0.3, 0.4) is 0 Å². The van der Waals surface area contributed by atoms with Crippen LogP contribution < -0.4 is 10.0 Å². The molecule has 7 heteroatoms. The van der Waals surface area contributed by atoms with Crippen molar-refractivity contribution < 1.29 is 13.2 Å². The molecule has 0 fully saturated rings. The van der Waals surface area contributed by atoms with Gasteiger partial charge in [0.05, 0.1) is 4.90 Å². The molecule has 144 valence electrons. The number of rotatable bonds is 6. The maximum Gasteiger partial charge on any atom is 0.333 e. The van der Waals surface area contributed by atoms with Gasteiger partial charge in [0.25, 0.3) is 10.0 Å². The summed E-state index contributed by atoms with van der Waals surface area (Å²) in [6, 6.07) is 18.3. The summed E-state index contributed by atoms with van der Waals surface area (Å²) in [5, 5.41) is 2.55. The molecular weight excluding hydrogens is 374 g/mol. The summed E-state index contributed by atoms with van der Waals surface area (Å²) in [4.78, 5) is 16.1. The molecule has 3 rings (SSSR count). The Labute approximate surface area is 164 Å². The SMILES string of the molecule is CC(Cc1ccncc1)c1ccc(NC(=O)NS(=O)(=O)c2ccccc2)cc1. The molecule has 1 heterocycles. The molecule has 28 heavy (non-hydrogen) atoms. The second kappa shape index (κ2) is 8.67. The number of amides is 2. The van der Waals surface area contributed by atoms with Crippen LogP contribution in [0.5, 0.6) is 0 Å². The van der Waals surface area contributed by atoms with Crippen molar-refractivity contribution in [2.45, 2.75) is 24.2 Å². The zero-order chi connectivity index (χ0) is 20.0. The third-order valence-electron chi connectivity index (χ3n) is 4.31. The van der Waals surface area contributed by atoms with Crippen molar-refractivity contribution in [3.63, 3.8) is 0 Å². The quantitative estimate of drug-likeness (QED) is 0.662. The van der Waals surface area contributed by atoms with Gasteiger partial charge in [-0.2, -0.15) is 0 Å². The van der Waals surface area contributed by atoms with Gasteiger partial charge >= 0.3 is 6.03 Å². The average molecular weight is 395 g/mol. The van der Waals surface area contributed by atoms with Crippen LogP contribution in [-0.4, -0.2) is 19.4 Å². The van der Waals surface area contributed by atoms with Crippen LogP contribution in [0, 0.1) is 0 Å². The van der Waals surface area contributed by atoms with Crippen LogP contribution >= 0.6 is 0 Å². The molecule has 0 aliphatic carbocycles. The first-order chi connectivity index (χ1) is 13.4. The van der Waals surface area contributed by atoms with Gasteiger partial charge in [0.2, 0.25) is 0 Å². The maximum atomic E-state index is 12.2. The second-order valence-electron chi connectivity index (χ2n) is 6.46. The van der Waals surface area contributed by atoms with Gasteiger partial charge in [-0.15, -0.1) is 0 Å². The summed E-state index contributed by atoms with van der Waals surface area (Å²) in [6.07, 6.45) is 4.43. The molecule has 0 aliphatic rings. The minimum absolute atomic E-state index is 0.0328. The van der Waals surface area contributed by atoms with Crippen molar-refractivity contribution in [1.29, 1.82) is 0 Å². The largest absolute Gasteiger partial charge is 0.333 e. The first kappa shape index (κ1) is 19.6. The number of anilines is 1. The van der Waals surface area contributed by atoms with Crippen LogP contribution in [0.2, 0.25) is 0 Å². The predicted molar refractivity (Wildman–Crippen MR) is 109 cm³/mol. The third-order valence-corrected chi connectivity index (χ3v) is 5.66. The summed E-state index contributed by atoms with van der Waals surface area (Å²) >= 11 is 0. The van der Waals surface area contributed by atoms with Gasteiger partial charge < -0.3 is 5.32 Å². The van der Waals surface area contributed by atoms with Gasteiger partial charge in [-0.05, 0) is 59.9 Å². The number of nitrogens with zero attached hydrogens (tertiary/aromatic N) is 1. The molecule has 1 atom stereocenters. The Kier molecular flexibility index (Phi) is 6.06. The number of carbonyl (C=O) groups is 1. The standard InChI is InChI=1S/C21H21N3O3S/c1-16(15-17-11-13-22-14-12-17)18-7-9-19(10-8-18)23-21(25)24-28(26,27)20-5-3-2-4-6-20/h2-14,16H,15H2,1H3,(H2,23,24,25). The zero-order valence-electron chi connectivity index (χ0n) is 15.4. The molecule has 1 aromatic heterocycles. The Balaban J connectivity index is 1.60. The van der Waals surface area contributed by atoms with E-state index in [2.05, 4.69) is 17.2 Å². The summed E-state index contributed by atoms with van der Waals surface area (Å²) in [7, 11) is -3.90. The highest BCUT2D eigenvalue weighted by atomic mass is 32.2. The van der Waals surface area contributed by atoms with Crippen LogP contribution in [0.4, 0.5) is 10.5 Å². The monoisotopic (exact) mass is 395 g/mol. The van der Waals surface area contributed by atoms with Crippen molar-refractivity contribution in [3.05, 3.63) is 90.3 Å². The van der Waals surface area contributed by atoms with E-state index in [1.54, 1.807) is 42.7 Å². The molecule has 3 aromatic rings. The fourth-order valence-corrected chi connectivity index (χ4v) is 3.75. The molecule has 2 N–H and O–H groups in total. The van der Waals surface area contributed by atoms with E-state index in [0.717, 1.165) is 12.0 Å². The lowest BCUT2D eigenvalue weighted by Crippen LogP contribution is -2.34. The fraction of sp³-hybridized carbons (Fsp3) is 0.143. The van der Waals surface area contributed by atoms with E-state index >= 15 is 0 Å². The smallest absolute Gasteiger partial charge is 0.307 e. The number of aromatic nitrogens is 1. The predicted octanol–water partition coefficient (Wildman–Crippen LogP) is 3.94. The van der Waals surface area contributed by atoms with Crippen molar-refractivity contribution in [2.24, 2.45) is 0 Å². The zero-order valence-corrected chi connectivity index (χ0v) is 16.2. The van der Waals surface area contributed by atoms with Gasteiger partial charge in [-0.1, -0.05) is 37.3 Å². The molecule has 0 radical (unpaired) electrons. The molecule has 0 saturated heterocycles. The summed E-state index contributed by atoms with van der Waals surface area (Å²) in [5.74, 6) is 0.295. The van der Waals surface area contributed by atoms with Gasteiger partial charge in [-0.25, -0.2) is 17.9 Å². The Hall–Kier alpha value is -3.19. The van der Waals surface area contributed by atoms with Gasteiger partial charge in [0.1, 0.15) is 0 Å². The first-order valence-corrected chi connectivity index (χ1v) is 10.3. The van der Waals surface area contributed by atoms with Gasteiger partial charge in [0.15, 0.2) is 0 Å². The van der Waals surface area contributed by atoms with Crippen molar-refractivity contribution in [3.8, 4) is 0 Å². The Morgan fingerprint density at radius 2 is 1.61 bits per heavy atom. The summed E-state index contributed by atoms with van der Waals surface area (Å²) < 4.78 is 26.4. The average Bonchev–Trinajstić information content (AvgIpc) is 2.69. The highest BCUT2D eigenvalue weighted by Crippen LogP contribution is 2.22. The number of hydrogen-bond donors (Lipinski definition) is 2. The van der Waals surface area contributed by atoms with E-state index in [4.69, 9.17) is 0 Å². The normalized spacial score (nSPS) is 12.2. The summed E-state index contributed by atoms with van der Waals surface area (Å²) in [6.45, 7) is 2.13. The fourth-order valence-electron chi connectivity index (χ4n) is 2.82. The number of hydrogen-bond acceptors (Lipinski definition) is 4. The number of pyridine rings is 1. The lowest BCUT2D eigenvalue weighted by molar-refractivity contribution is 0.256. The van der Waals surface area contributed by atoms with E-state index in [1.165, 1.54) is 17.7 Å². The Morgan fingerprint density at radius 3 is 2.25 bits per heavy atom. The summed E-state index contributed by atoms with van der Waals surface area (Å²) in [5.41, 5.74) is 2.84. The number of carbonyl (C=O) groups excluding carboxylic acids is 1. The number of sulfonamides is 1. The lowest BCUT2D eigenvalue weighted by Gasteiger charge is -2.13. The molecule has 6 nitrogen and oxygen atoms in total. The molecule has 2 aromatic carbocycles. The first-order valence-electron chi connectivity index (χ1n) is 8.82. The molecule has 0 saturated carbocycles. The number of urea groups is 1. The molecule has 0 aliphatic heterocycles. The van der Waals surface area contributed by atoms with Crippen molar-refractivity contribution in [2.75, 3.05) is 5.32 Å². The van der Waals surface area contributed by atoms with E-state index in [-0.39, 0.29) is 4.90 Å². The van der Waals surface area contributed by atoms with Crippen LogP contribution in [-0.2, 0) is 16.4 Å². The Bertz CT molecular complexity index is 1020. The lowest BCUT2D eigenvalue weighted by atomic mass is 9.94. The topological polar surface area (TPSA) is 88.2 Å². The molecular formula is C21H21N3O3S. The van der Waals surface area contributed by atoms with E-state index in [1.807, 2.05) is 29.0 Å². The van der Waals surface area contributed by atoms with E-state index in [9.17, 15) is 13.2 Å². The van der Waals surface area contributed by atoms with Crippen LogP contribution in [0.25, 0.3) is 0 Å².